The van der Waals surface area contributed by atoms with Gasteiger partial charge in [-0.05, 0) is 57.1 Å². The summed E-state index contributed by atoms with van der Waals surface area (Å²) < 4.78 is 0. The second kappa shape index (κ2) is 9.25. The van der Waals surface area contributed by atoms with Crippen molar-refractivity contribution in [1.29, 1.82) is 0 Å². The van der Waals surface area contributed by atoms with Crippen LogP contribution in [0.25, 0.3) is 0 Å². The maximum Gasteiger partial charge on any atom is 0.255 e. The van der Waals surface area contributed by atoms with Crippen molar-refractivity contribution >= 4 is 17.5 Å². The van der Waals surface area contributed by atoms with Gasteiger partial charge in [0, 0.05) is 44.8 Å². The van der Waals surface area contributed by atoms with Crippen molar-refractivity contribution in [2.24, 2.45) is 5.92 Å². The number of hydrogen-bond donors (Lipinski definition) is 1. The molecule has 2 heterocycles. The normalized spacial score (nSPS) is 20.0. The van der Waals surface area contributed by atoms with Crippen molar-refractivity contribution in [2.75, 3.05) is 37.6 Å². The average molecular weight is 372 g/mol. The van der Waals surface area contributed by atoms with E-state index in [1.807, 2.05) is 24.8 Å². The molecule has 0 aliphatic carbocycles. The first-order valence-electron chi connectivity index (χ1n) is 10.5. The molecule has 2 saturated heterocycles. The zero-order chi connectivity index (χ0) is 19.2. The van der Waals surface area contributed by atoms with Crippen LogP contribution in [0.5, 0.6) is 0 Å². The fourth-order valence-corrected chi connectivity index (χ4v) is 4.22. The van der Waals surface area contributed by atoms with Crippen LogP contribution < -0.4 is 10.2 Å². The molecule has 0 radical (unpaired) electrons. The molecule has 2 aliphatic heterocycles. The van der Waals surface area contributed by atoms with Gasteiger partial charge >= 0.3 is 0 Å². The predicted molar refractivity (Wildman–Crippen MR) is 109 cm³/mol. The Bertz CT molecular complexity index is 668. The lowest BCUT2D eigenvalue weighted by Crippen LogP contribution is -2.44. The summed E-state index contributed by atoms with van der Waals surface area (Å²) in [6, 6.07) is 6.26. The fourth-order valence-electron chi connectivity index (χ4n) is 4.22. The number of likely N-dealkylation sites (tertiary alicyclic amines) is 1. The van der Waals surface area contributed by atoms with Crippen molar-refractivity contribution in [3.05, 3.63) is 29.3 Å². The molecule has 2 fully saturated rings. The van der Waals surface area contributed by atoms with Gasteiger partial charge in [-0.3, -0.25) is 9.59 Å². The van der Waals surface area contributed by atoms with Crippen molar-refractivity contribution < 1.29 is 9.59 Å². The molecule has 5 heteroatoms. The fraction of sp³-hybridized carbons (Fsp3) is 0.636. The van der Waals surface area contributed by atoms with Crippen LogP contribution in [0.4, 0.5) is 5.69 Å². The number of carbonyl (C=O) groups is 2. The summed E-state index contributed by atoms with van der Waals surface area (Å²) in [4.78, 5) is 29.4. The molecule has 0 spiro atoms. The number of benzene rings is 1. The molecule has 3 rings (SSSR count). The standard InChI is InChI=1S/C22H33N3O2/c1-3-7-21(26)23-15-18-8-6-13-25(16-18)22(27)19-14-17(2)9-10-20(19)24-11-4-5-12-24/h9-10,14,18H,3-8,11-13,15-16H2,1-2H3,(H,23,26). The highest BCUT2D eigenvalue weighted by Crippen LogP contribution is 2.28. The number of rotatable bonds is 6. The number of hydrogen-bond acceptors (Lipinski definition) is 3. The first-order valence-corrected chi connectivity index (χ1v) is 10.5. The lowest BCUT2D eigenvalue weighted by molar-refractivity contribution is -0.121. The summed E-state index contributed by atoms with van der Waals surface area (Å²) >= 11 is 0. The molecule has 0 saturated carbocycles. The van der Waals surface area contributed by atoms with E-state index in [0.717, 1.165) is 62.3 Å². The van der Waals surface area contributed by atoms with Crippen molar-refractivity contribution in [3.63, 3.8) is 0 Å². The first-order chi connectivity index (χ1) is 13.1. The number of carbonyl (C=O) groups excluding carboxylic acids is 2. The Morgan fingerprint density at radius 2 is 1.93 bits per heavy atom. The van der Waals surface area contributed by atoms with E-state index in [1.54, 1.807) is 0 Å². The molecule has 1 aromatic carbocycles. The molecular weight excluding hydrogens is 338 g/mol. The summed E-state index contributed by atoms with van der Waals surface area (Å²) in [6.07, 6.45) is 5.93. The minimum atomic E-state index is 0.121. The minimum absolute atomic E-state index is 0.121. The Kier molecular flexibility index (Phi) is 6.75. The number of amides is 2. The van der Waals surface area contributed by atoms with Gasteiger partial charge in [0.15, 0.2) is 0 Å². The minimum Gasteiger partial charge on any atom is -0.371 e. The van der Waals surface area contributed by atoms with Crippen LogP contribution in [0.1, 0.15) is 61.4 Å². The third kappa shape index (κ3) is 5.02. The van der Waals surface area contributed by atoms with Crippen LogP contribution >= 0.6 is 0 Å². The van der Waals surface area contributed by atoms with E-state index in [-0.39, 0.29) is 11.8 Å². The average Bonchev–Trinajstić information content (AvgIpc) is 3.21. The molecule has 1 unspecified atom stereocenters. The van der Waals surface area contributed by atoms with Gasteiger partial charge in [-0.1, -0.05) is 18.6 Å². The second-order valence-electron chi connectivity index (χ2n) is 8.03. The summed E-state index contributed by atoms with van der Waals surface area (Å²) in [5.74, 6) is 0.615. The Morgan fingerprint density at radius 3 is 2.67 bits per heavy atom. The molecule has 27 heavy (non-hydrogen) atoms. The molecule has 2 aliphatic rings. The van der Waals surface area contributed by atoms with Gasteiger partial charge in [0.1, 0.15) is 0 Å². The van der Waals surface area contributed by atoms with E-state index in [1.165, 1.54) is 12.8 Å². The lowest BCUT2D eigenvalue weighted by atomic mass is 9.96. The predicted octanol–water partition coefficient (Wildman–Crippen LogP) is 3.36. The number of anilines is 1. The largest absolute Gasteiger partial charge is 0.371 e. The third-order valence-electron chi connectivity index (χ3n) is 5.70. The number of nitrogens with one attached hydrogen (secondary N) is 1. The highest BCUT2D eigenvalue weighted by molar-refractivity contribution is 6.00. The molecule has 1 atom stereocenters. The van der Waals surface area contributed by atoms with Gasteiger partial charge in [-0.25, -0.2) is 0 Å². The maximum atomic E-state index is 13.3. The topological polar surface area (TPSA) is 52.7 Å². The molecule has 0 aromatic heterocycles. The van der Waals surface area contributed by atoms with E-state index in [2.05, 4.69) is 22.3 Å². The van der Waals surface area contributed by atoms with E-state index in [0.29, 0.717) is 18.9 Å². The van der Waals surface area contributed by atoms with Crippen LogP contribution in [-0.4, -0.2) is 49.4 Å². The Labute approximate surface area is 163 Å². The molecule has 5 nitrogen and oxygen atoms in total. The van der Waals surface area contributed by atoms with Crippen LogP contribution in [-0.2, 0) is 4.79 Å². The highest BCUT2D eigenvalue weighted by Gasteiger charge is 2.28. The number of aryl methyl sites for hydroxylation is 1. The van der Waals surface area contributed by atoms with Gasteiger partial charge in [0.05, 0.1) is 5.56 Å². The molecule has 1 aromatic rings. The van der Waals surface area contributed by atoms with E-state index in [4.69, 9.17) is 0 Å². The second-order valence-corrected chi connectivity index (χ2v) is 8.03. The zero-order valence-electron chi connectivity index (χ0n) is 16.8. The van der Waals surface area contributed by atoms with Gasteiger partial charge < -0.3 is 15.1 Å². The van der Waals surface area contributed by atoms with E-state index < -0.39 is 0 Å². The lowest BCUT2D eigenvalue weighted by Gasteiger charge is -2.34. The molecule has 0 bridgehead atoms. The van der Waals surface area contributed by atoms with Crippen molar-refractivity contribution in [2.45, 2.75) is 52.4 Å². The van der Waals surface area contributed by atoms with Gasteiger partial charge in [0.2, 0.25) is 5.91 Å². The molecule has 148 valence electrons. The first kappa shape index (κ1) is 19.7. The monoisotopic (exact) mass is 371 g/mol. The summed E-state index contributed by atoms with van der Waals surface area (Å²) in [5, 5.41) is 3.03. The van der Waals surface area contributed by atoms with Crippen LogP contribution in [0.15, 0.2) is 18.2 Å². The molecule has 2 amide bonds. The van der Waals surface area contributed by atoms with Crippen molar-refractivity contribution in [1.82, 2.24) is 10.2 Å². The van der Waals surface area contributed by atoms with Crippen LogP contribution in [0, 0.1) is 12.8 Å². The quantitative estimate of drug-likeness (QED) is 0.834. The summed E-state index contributed by atoms with van der Waals surface area (Å²) in [5.41, 5.74) is 3.05. The van der Waals surface area contributed by atoms with Gasteiger partial charge in [-0.15, -0.1) is 0 Å². The SMILES string of the molecule is CCCC(=O)NCC1CCCN(C(=O)c2cc(C)ccc2N2CCCC2)C1. The Morgan fingerprint density at radius 1 is 1.15 bits per heavy atom. The van der Waals surface area contributed by atoms with E-state index >= 15 is 0 Å². The summed E-state index contributed by atoms with van der Waals surface area (Å²) in [7, 11) is 0. The third-order valence-corrected chi connectivity index (χ3v) is 5.70. The Hall–Kier alpha value is -2.04. The maximum absolute atomic E-state index is 13.3. The van der Waals surface area contributed by atoms with Gasteiger partial charge in [-0.2, -0.15) is 0 Å². The van der Waals surface area contributed by atoms with Crippen LogP contribution in [0.2, 0.25) is 0 Å². The number of nitrogens with zero attached hydrogens (tertiary/aromatic N) is 2. The highest BCUT2D eigenvalue weighted by atomic mass is 16.2. The summed E-state index contributed by atoms with van der Waals surface area (Å²) in [6.45, 7) is 8.36. The zero-order valence-corrected chi connectivity index (χ0v) is 16.8. The van der Waals surface area contributed by atoms with Gasteiger partial charge in [0.25, 0.3) is 5.91 Å². The van der Waals surface area contributed by atoms with Crippen LogP contribution in [0.3, 0.4) is 0 Å². The smallest absolute Gasteiger partial charge is 0.255 e. The molecule has 1 N–H and O–H groups in total. The molecular formula is C22H33N3O2. The van der Waals surface area contributed by atoms with Crippen molar-refractivity contribution in [3.8, 4) is 0 Å². The number of piperidine rings is 1. The van der Waals surface area contributed by atoms with E-state index in [9.17, 15) is 9.59 Å². The Balaban J connectivity index is 1.68.